The SMILES string of the molecule is CC(CC(C)c1ccccc1)C(=O)NCc1ccc(Oc2ncnc3[nH]ncc23)cc1. The molecule has 4 rings (SSSR count). The summed E-state index contributed by atoms with van der Waals surface area (Å²) in [7, 11) is 0. The average Bonchev–Trinajstić information content (AvgIpc) is 3.29. The lowest BCUT2D eigenvalue weighted by atomic mass is 9.91. The predicted molar refractivity (Wildman–Crippen MR) is 119 cm³/mol. The van der Waals surface area contributed by atoms with Gasteiger partial charge >= 0.3 is 0 Å². The molecule has 0 fully saturated rings. The highest BCUT2D eigenvalue weighted by Crippen LogP contribution is 2.26. The van der Waals surface area contributed by atoms with Crippen LogP contribution in [-0.2, 0) is 11.3 Å². The first-order valence-electron chi connectivity index (χ1n) is 10.3. The van der Waals surface area contributed by atoms with E-state index in [1.807, 2.05) is 49.4 Å². The van der Waals surface area contributed by atoms with Crippen LogP contribution in [0.1, 0.15) is 37.3 Å². The smallest absolute Gasteiger partial charge is 0.233 e. The number of carbonyl (C=O) groups excluding carboxylic acids is 1. The second-order valence-corrected chi connectivity index (χ2v) is 7.72. The quantitative estimate of drug-likeness (QED) is 0.439. The van der Waals surface area contributed by atoms with Gasteiger partial charge in [0.05, 0.1) is 6.20 Å². The number of hydrogen-bond donors (Lipinski definition) is 2. The van der Waals surface area contributed by atoms with E-state index >= 15 is 0 Å². The fraction of sp³-hybridized carbons (Fsp3) is 0.250. The second-order valence-electron chi connectivity index (χ2n) is 7.72. The minimum Gasteiger partial charge on any atom is -0.438 e. The first kappa shape index (κ1) is 20.5. The summed E-state index contributed by atoms with van der Waals surface area (Å²) in [6.07, 6.45) is 3.87. The molecule has 158 valence electrons. The van der Waals surface area contributed by atoms with Gasteiger partial charge in [0, 0.05) is 12.5 Å². The molecule has 0 radical (unpaired) electrons. The number of nitrogens with zero attached hydrogens (tertiary/aromatic N) is 3. The van der Waals surface area contributed by atoms with Gasteiger partial charge in [0.25, 0.3) is 0 Å². The predicted octanol–water partition coefficient (Wildman–Crippen LogP) is 4.59. The van der Waals surface area contributed by atoms with Crippen molar-refractivity contribution in [3.05, 3.63) is 78.2 Å². The van der Waals surface area contributed by atoms with Gasteiger partial charge < -0.3 is 10.1 Å². The zero-order valence-corrected chi connectivity index (χ0v) is 17.6. The topological polar surface area (TPSA) is 92.8 Å². The van der Waals surface area contributed by atoms with Crippen molar-refractivity contribution in [1.82, 2.24) is 25.5 Å². The number of carbonyl (C=O) groups is 1. The molecule has 2 atom stereocenters. The van der Waals surface area contributed by atoms with Crippen LogP contribution in [0, 0.1) is 5.92 Å². The van der Waals surface area contributed by atoms with Crippen LogP contribution in [0.15, 0.2) is 67.1 Å². The number of amides is 1. The number of benzene rings is 2. The lowest BCUT2D eigenvalue weighted by Crippen LogP contribution is -2.29. The monoisotopic (exact) mass is 415 g/mol. The summed E-state index contributed by atoms with van der Waals surface area (Å²) < 4.78 is 5.86. The van der Waals surface area contributed by atoms with Crippen LogP contribution in [0.2, 0.25) is 0 Å². The molecule has 2 heterocycles. The van der Waals surface area contributed by atoms with E-state index in [9.17, 15) is 4.79 Å². The number of aromatic amines is 1. The molecule has 1 amide bonds. The Hall–Kier alpha value is -3.74. The van der Waals surface area contributed by atoms with Gasteiger partial charge in [0.1, 0.15) is 17.5 Å². The van der Waals surface area contributed by atoms with Crippen molar-refractivity contribution < 1.29 is 9.53 Å². The van der Waals surface area contributed by atoms with Gasteiger partial charge in [-0.3, -0.25) is 9.89 Å². The Morgan fingerprint density at radius 2 is 1.84 bits per heavy atom. The lowest BCUT2D eigenvalue weighted by Gasteiger charge is -2.17. The van der Waals surface area contributed by atoms with E-state index in [1.54, 1.807) is 6.20 Å². The zero-order valence-electron chi connectivity index (χ0n) is 17.6. The van der Waals surface area contributed by atoms with Gasteiger partial charge in [0.2, 0.25) is 11.8 Å². The zero-order chi connectivity index (χ0) is 21.6. The maximum Gasteiger partial charge on any atom is 0.233 e. The van der Waals surface area contributed by atoms with E-state index in [0.717, 1.165) is 17.4 Å². The molecule has 2 N–H and O–H groups in total. The third-order valence-electron chi connectivity index (χ3n) is 5.34. The number of nitrogens with one attached hydrogen (secondary N) is 2. The average molecular weight is 415 g/mol. The van der Waals surface area contributed by atoms with E-state index in [4.69, 9.17) is 4.74 Å². The molecular weight excluding hydrogens is 390 g/mol. The summed E-state index contributed by atoms with van der Waals surface area (Å²) in [5.74, 6) is 1.43. The third kappa shape index (κ3) is 5.06. The van der Waals surface area contributed by atoms with E-state index in [-0.39, 0.29) is 11.8 Å². The van der Waals surface area contributed by atoms with Crippen molar-refractivity contribution in [3.8, 4) is 11.6 Å². The number of hydrogen-bond acceptors (Lipinski definition) is 5. The maximum absolute atomic E-state index is 12.5. The molecule has 2 aromatic carbocycles. The largest absolute Gasteiger partial charge is 0.438 e. The lowest BCUT2D eigenvalue weighted by molar-refractivity contribution is -0.124. The molecule has 0 saturated heterocycles. The van der Waals surface area contributed by atoms with Crippen LogP contribution in [-0.4, -0.2) is 26.1 Å². The summed E-state index contributed by atoms with van der Waals surface area (Å²) >= 11 is 0. The Morgan fingerprint density at radius 3 is 2.61 bits per heavy atom. The molecule has 0 spiro atoms. The molecule has 0 aliphatic carbocycles. The van der Waals surface area contributed by atoms with Crippen LogP contribution in [0.25, 0.3) is 11.0 Å². The first-order valence-corrected chi connectivity index (χ1v) is 10.3. The first-order chi connectivity index (χ1) is 15.1. The Kier molecular flexibility index (Phi) is 6.21. The maximum atomic E-state index is 12.5. The second kappa shape index (κ2) is 9.38. The number of fused-ring (bicyclic) bond motifs is 1. The summed E-state index contributed by atoms with van der Waals surface area (Å²) in [6.45, 7) is 4.61. The Balaban J connectivity index is 1.30. The molecule has 7 heteroatoms. The van der Waals surface area contributed by atoms with Gasteiger partial charge in [-0.2, -0.15) is 5.10 Å². The van der Waals surface area contributed by atoms with E-state index in [0.29, 0.717) is 29.7 Å². The molecule has 4 aromatic rings. The van der Waals surface area contributed by atoms with Crippen LogP contribution < -0.4 is 10.1 Å². The summed E-state index contributed by atoms with van der Waals surface area (Å²) in [5, 5.41) is 10.5. The van der Waals surface area contributed by atoms with E-state index < -0.39 is 0 Å². The highest BCUT2D eigenvalue weighted by molar-refractivity contribution is 5.79. The normalized spacial score (nSPS) is 13.0. The summed E-state index contributed by atoms with van der Waals surface area (Å²) in [6, 6.07) is 17.9. The van der Waals surface area contributed by atoms with Gasteiger partial charge in [-0.15, -0.1) is 0 Å². The van der Waals surface area contributed by atoms with Crippen molar-refractivity contribution in [3.63, 3.8) is 0 Å². The highest BCUT2D eigenvalue weighted by atomic mass is 16.5. The molecule has 31 heavy (non-hydrogen) atoms. The van der Waals surface area contributed by atoms with E-state index in [2.05, 4.69) is 44.5 Å². The Labute approximate surface area is 180 Å². The van der Waals surface area contributed by atoms with Crippen molar-refractivity contribution in [1.29, 1.82) is 0 Å². The van der Waals surface area contributed by atoms with E-state index in [1.165, 1.54) is 11.9 Å². The molecule has 2 unspecified atom stereocenters. The number of aromatic nitrogens is 4. The van der Waals surface area contributed by atoms with Crippen molar-refractivity contribution in [2.75, 3.05) is 0 Å². The fourth-order valence-electron chi connectivity index (χ4n) is 3.53. The van der Waals surface area contributed by atoms with Gasteiger partial charge in [-0.05, 0) is 35.6 Å². The number of H-pyrrole nitrogens is 1. The van der Waals surface area contributed by atoms with Crippen LogP contribution in [0.3, 0.4) is 0 Å². The van der Waals surface area contributed by atoms with Crippen LogP contribution >= 0.6 is 0 Å². The van der Waals surface area contributed by atoms with Crippen molar-refractivity contribution in [2.45, 2.75) is 32.7 Å². The molecule has 0 saturated carbocycles. The molecule has 0 bridgehead atoms. The molecule has 0 aliphatic rings. The van der Waals surface area contributed by atoms with Gasteiger partial charge in [0.15, 0.2) is 5.65 Å². The summed E-state index contributed by atoms with van der Waals surface area (Å²) in [4.78, 5) is 20.8. The van der Waals surface area contributed by atoms with Gasteiger partial charge in [-0.1, -0.05) is 56.3 Å². The Bertz CT molecular complexity index is 1140. The fourth-order valence-corrected chi connectivity index (χ4v) is 3.53. The van der Waals surface area contributed by atoms with Crippen molar-refractivity contribution in [2.24, 2.45) is 5.92 Å². The van der Waals surface area contributed by atoms with Crippen molar-refractivity contribution >= 4 is 16.9 Å². The Morgan fingerprint density at radius 1 is 1.06 bits per heavy atom. The van der Waals surface area contributed by atoms with Crippen LogP contribution in [0.4, 0.5) is 0 Å². The highest BCUT2D eigenvalue weighted by Gasteiger charge is 2.17. The molecule has 7 nitrogen and oxygen atoms in total. The number of rotatable bonds is 8. The summed E-state index contributed by atoms with van der Waals surface area (Å²) in [5.41, 5.74) is 2.88. The minimum atomic E-state index is -0.0621. The molecule has 0 aliphatic heterocycles. The van der Waals surface area contributed by atoms with Crippen LogP contribution in [0.5, 0.6) is 11.6 Å². The number of ether oxygens (including phenoxy) is 1. The minimum absolute atomic E-state index is 0.0615. The standard InChI is InChI=1S/C24H25N5O2/c1-16(19-6-4-3-5-7-19)12-17(2)23(30)25-13-18-8-10-20(11-9-18)31-24-21-14-28-29-22(21)26-15-27-24/h3-11,14-17H,12-13H2,1-2H3,(H,25,30)(H,26,27,28,29). The molecular formula is C24H25N5O2. The molecule has 2 aromatic heterocycles. The van der Waals surface area contributed by atoms with Gasteiger partial charge in [-0.25, -0.2) is 9.97 Å². The third-order valence-corrected chi connectivity index (χ3v) is 5.34.